The zero-order valence-electron chi connectivity index (χ0n) is 14.7. The third kappa shape index (κ3) is 4.12. The lowest BCUT2D eigenvalue weighted by Crippen LogP contribution is -2.37. The number of para-hydroxylation sites is 1. The lowest BCUT2D eigenvalue weighted by atomic mass is 10.1. The van der Waals surface area contributed by atoms with Gasteiger partial charge in [0.15, 0.2) is 10.8 Å². The van der Waals surface area contributed by atoms with Crippen molar-refractivity contribution in [3.05, 3.63) is 59.4 Å². The maximum Gasteiger partial charge on any atom is 0.253 e. The second kappa shape index (κ2) is 8.24. The molecule has 1 amide bonds. The first-order valence-corrected chi connectivity index (χ1v) is 9.61. The molecule has 1 fully saturated rings. The highest BCUT2D eigenvalue weighted by molar-refractivity contribution is 7.13. The van der Waals surface area contributed by atoms with Gasteiger partial charge in [-0.05, 0) is 18.2 Å². The Morgan fingerprint density at radius 1 is 1.15 bits per heavy atom. The number of nitrogens with one attached hydrogen (secondary N) is 1. The van der Waals surface area contributed by atoms with Crippen molar-refractivity contribution >= 4 is 22.9 Å². The van der Waals surface area contributed by atoms with Gasteiger partial charge in [-0.15, -0.1) is 11.3 Å². The quantitative estimate of drug-likeness (QED) is 0.731. The summed E-state index contributed by atoms with van der Waals surface area (Å²) in [5.74, 6) is 0.486. The fourth-order valence-electron chi connectivity index (χ4n) is 2.91. The minimum Gasteiger partial charge on any atom is -0.378 e. The van der Waals surface area contributed by atoms with Gasteiger partial charge in [0.05, 0.1) is 31.0 Å². The standard InChI is InChI=1S/C19H19N5O2S/c25-18(15-4-1-2-5-16(15)24-8-10-26-11-9-24)22-12-14-13-27-19(23-14)17-20-6-3-7-21-17/h1-7,13H,8-12H2,(H,22,25). The van der Waals surface area contributed by atoms with Crippen LogP contribution in [0.2, 0.25) is 0 Å². The van der Waals surface area contributed by atoms with Gasteiger partial charge in [-0.25, -0.2) is 15.0 Å². The highest BCUT2D eigenvalue weighted by atomic mass is 32.1. The Balaban J connectivity index is 1.44. The summed E-state index contributed by atoms with van der Waals surface area (Å²) in [6.45, 7) is 3.30. The van der Waals surface area contributed by atoms with Crippen LogP contribution in [0.15, 0.2) is 48.1 Å². The first-order valence-electron chi connectivity index (χ1n) is 8.73. The summed E-state index contributed by atoms with van der Waals surface area (Å²) in [4.78, 5) is 27.8. The van der Waals surface area contributed by atoms with Gasteiger partial charge in [-0.3, -0.25) is 4.79 Å². The second-order valence-electron chi connectivity index (χ2n) is 6.02. The molecule has 0 radical (unpaired) electrons. The minimum absolute atomic E-state index is 0.109. The van der Waals surface area contributed by atoms with Crippen molar-refractivity contribution in [1.29, 1.82) is 0 Å². The van der Waals surface area contributed by atoms with Gasteiger partial charge in [0.2, 0.25) is 0 Å². The summed E-state index contributed by atoms with van der Waals surface area (Å²) >= 11 is 1.47. The van der Waals surface area contributed by atoms with E-state index in [2.05, 4.69) is 25.2 Å². The number of benzene rings is 1. The predicted molar refractivity (Wildman–Crippen MR) is 104 cm³/mol. The third-order valence-corrected chi connectivity index (χ3v) is 5.13. The van der Waals surface area contributed by atoms with E-state index in [4.69, 9.17) is 4.74 Å². The number of nitrogens with zero attached hydrogens (tertiary/aromatic N) is 4. The van der Waals surface area contributed by atoms with Crippen LogP contribution in [-0.2, 0) is 11.3 Å². The molecular weight excluding hydrogens is 362 g/mol. The number of carbonyl (C=O) groups is 1. The number of carbonyl (C=O) groups excluding carboxylic acids is 1. The average molecular weight is 381 g/mol. The van der Waals surface area contributed by atoms with E-state index >= 15 is 0 Å². The molecule has 0 bridgehead atoms. The Labute approximate surface area is 161 Å². The molecule has 138 valence electrons. The molecule has 4 rings (SSSR count). The van der Waals surface area contributed by atoms with Gasteiger partial charge in [0, 0.05) is 36.6 Å². The van der Waals surface area contributed by atoms with E-state index in [1.807, 2.05) is 29.6 Å². The van der Waals surface area contributed by atoms with Crippen LogP contribution < -0.4 is 10.2 Å². The Morgan fingerprint density at radius 3 is 2.74 bits per heavy atom. The van der Waals surface area contributed by atoms with Gasteiger partial charge in [-0.2, -0.15) is 0 Å². The molecule has 2 aromatic heterocycles. The van der Waals surface area contributed by atoms with Crippen molar-refractivity contribution < 1.29 is 9.53 Å². The molecule has 3 aromatic rings. The Morgan fingerprint density at radius 2 is 1.93 bits per heavy atom. The van der Waals surface area contributed by atoms with Crippen molar-refractivity contribution in [1.82, 2.24) is 20.3 Å². The van der Waals surface area contributed by atoms with Crippen LogP contribution in [0.4, 0.5) is 5.69 Å². The number of rotatable bonds is 5. The van der Waals surface area contributed by atoms with Crippen molar-refractivity contribution in [2.75, 3.05) is 31.2 Å². The molecule has 8 heteroatoms. The minimum atomic E-state index is -0.109. The number of morpholine rings is 1. The monoisotopic (exact) mass is 381 g/mol. The van der Waals surface area contributed by atoms with E-state index in [-0.39, 0.29) is 5.91 Å². The Kier molecular flexibility index (Phi) is 5.36. The number of hydrogen-bond acceptors (Lipinski definition) is 7. The lowest BCUT2D eigenvalue weighted by Gasteiger charge is -2.30. The van der Waals surface area contributed by atoms with Crippen LogP contribution in [-0.4, -0.2) is 47.2 Å². The van der Waals surface area contributed by atoms with E-state index in [1.165, 1.54) is 11.3 Å². The van der Waals surface area contributed by atoms with E-state index in [0.717, 1.165) is 29.5 Å². The molecule has 0 atom stereocenters. The summed E-state index contributed by atoms with van der Waals surface area (Å²) in [6.07, 6.45) is 3.38. The van der Waals surface area contributed by atoms with Crippen molar-refractivity contribution in [2.45, 2.75) is 6.54 Å². The molecule has 3 heterocycles. The second-order valence-corrected chi connectivity index (χ2v) is 6.87. The molecule has 27 heavy (non-hydrogen) atoms. The molecule has 1 N–H and O–H groups in total. The number of aromatic nitrogens is 3. The molecule has 1 aliphatic heterocycles. The average Bonchev–Trinajstić information content (AvgIpc) is 3.22. The number of thiazole rings is 1. The fourth-order valence-corrected chi connectivity index (χ4v) is 3.68. The zero-order chi connectivity index (χ0) is 18.5. The molecule has 0 aliphatic carbocycles. The van der Waals surface area contributed by atoms with Crippen molar-refractivity contribution in [3.63, 3.8) is 0 Å². The van der Waals surface area contributed by atoms with E-state index in [9.17, 15) is 4.79 Å². The summed E-state index contributed by atoms with van der Waals surface area (Å²) in [6, 6.07) is 9.43. The van der Waals surface area contributed by atoms with Crippen molar-refractivity contribution in [3.8, 4) is 10.8 Å². The molecule has 1 saturated heterocycles. The van der Waals surface area contributed by atoms with Gasteiger partial charge in [-0.1, -0.05) is 12.1 Å². The van der Waals surface area contributed by atoms with Gasteiger partial charge < -0.3 is 15.0 Å². The smallest absolute Gasteiger partial charge is 0.253 e. The van der Waals surface area contributed by atoms with Crippen LogP contribution in [0.5, 0.6) is 0 Å². The van der Waals surface area contributed by atoms with E-state index in [1.54, 1.807) is 18.5 Å². The van der Waals surface area contributed by atoms with Crippen LogP contribution in [0.1, 0.15) is 16.1 Å². The van der Waals surface area contributed by atoms with E-state index in [0.29, 0.717) is 31.1 Å². The van der Waals surface area contributed by atoms with Gasteiger partial charge >= 0.3 is 0 Å². The number of ether oxygens (including phenoxy) is 1. The number of hydrogen-bond donors (Lipinski definition) is 1. The molecule has 1 aromatic carbocycles. The predicted octanol–water partition coefficient (Wildman–Crippen LogP) is 2.37. The highest BCUT2D eigenvalue weighted by Crippen LogP contribution is 2.22. The highest BCUT2D eigenvalue weighted by Gasteiger charge is 2.18. The fraction of sp³-hybridized carbons (Fsp3) is 0.263. The van der Waals surface area contributed by atoms with Crippen LogP contribution in [0.25, 0.3) is 10.8 Å². The molecule has 0 saturated carbocycles. The van der Waals surface area contributed by atoms with Crippen LogP contribution in [0, 0.1) is 0 Å². The summed E-state index contributed by atoms with van der Waals surface area (Å²) in [5, 5.41) is 5.63. The largest absolute Gasteiger partial charge is 0.378 e. The normalized spacial score (nSPS) is 14.1. The maximum absolute atomic E-state index is 12.7. The summed E-state index contributed by atoms with van der Waals surface area (Å²) in [5.41, 5.74) is 2.40. The number of amides is 1. The number of anilines is 1. The zero-order valence-corrected chi connectivity index (χ0v) is 15.5. The summed E-state index contributed by atoms with van der Waals surface area (Å²) < 4.78 is 5.41. The van der Waals surface area contributed by atoms with Gasteiger partial charge in [0.1, 0.15) is 0 Å². The molecule has 1 aliphatic rings. The summed E-state index contributed by atoms with van der Waals surface area (Å²) in [7, 11) is 0. The Hall–Kier alpha value is -2.84. The molecule has 7 nitrogen and oxygen atoms in total. The van der Waals surface area contributed by atoms with Crippen molar-refractivity contribution in [2.24, 2.45) is 0 Å². The first-order chi connectivity index (χ1) is 13.3. The maximum atomic E-state index is 12.7. The molecule has 0 unspecified atom stereocenters. The van der Waals surface area contributed by atoms with E-state index < -0.39 is 0 Å². The van der Waals surface area contributed by atoms with Crippen LogP contribution >= 0.6 is 11.3 Å². The molecular formula is C19H19N5O2S. The SMILES string of the molecule is O=C(NCc1csc(-c2ncccn2)n1)c1ccccc1N1CCOCC1. The lowest BCUT2D eigenvalue weighted by molar-refractivity contribution is 0.0949. The third-order valence-electron chi connectivity index (χ3n) is 4.24. The Bertz CT molecular complexity index is 909. The topological polar surface area (TPSA) is 80.2 Å². The molecule has 0 spiro atoms. The first kappa shape index (κ1) is 17.6. The van der Waals surface area contributed by atoms with Crippen LogP contribution in [0.3, 0.4) is 0 Å². The van der Waals surface area contributed by atoms with Gasteiger partial charge in [0.25, 0.3) is 5.91 Å².